The Kier molecular flexibility index (Phi) is 4.98. The predicted octanol–water partition coefficient (Wildman–Crippen LogP) is 3.23. The molecule has 0 bridgehead atoms. The van der Waals surface area contributed by atoms with Crippen LogP contribution in [-0.4, -0.2) is 24.7 Å². The van der Waals surface area contributed by atoms with E-state index in [1.807, 2.05) is 0 Å². The van der Waals surface area contributed by atoms with Crippen LogP contribution in [0.25, 0.3) is 0 Å². The van der Waals surface area contributed by atoms with Gasteiger partial charge in [0.05, 0.1) is 16.3 Å². The van der Waals surface area contributed by atoms with Gasteiger partial charge in [-0.25, -0.2) is 8.42 Å². The van der Waals surface area contributed by atoms with Crippen molar-refractivity contribution in [2.24, 2.45) is 0 Å². The molecule has 0 amide bonds. The maximum atomic E-state index is 12.1. The second kappa shape index (κ2) is 5.72. The molecule has 6 heteroatoms. The summed E-state index contributed by atoms with van der Waals surface area (Å²) in [6, 6.07) is 4.51. The van der Waals surface area contributed by atoms with Gasteiger partial charge in [0, 0.05) is 15.5 Å². The first kappa shape index (κ1) is 15.7. The minimum atomic E-state index is -3.37. The second-order valence-corrected chi connectivity index (χ2v) is 9.40. The van der Waals surface area contributed by atoms with Crippen LogP contribution in [0, 0.1) is 0 Å². The van der Waals surface area contributed by atoms with Crippen LogP contribution in [0.1, 0.15) is 20.8 Å². The third-order valence-corrected chi connectivity index (χ3v) is 5.73. The molecule has 0 aliphatic carbocycles. The Balaban J connectivity index is 2.84. The molecule has 2 N–H and O–H groups in total. The van der Waals surface area contributed by atoms with Gasteiger partial charge in [0.2, 0.25) is 0 Å². The van der Waals surface area contributed by atoms with Gasteiger partial charge >= 0.3 is 0 Å². The molecule has 0 spiro atoms. The summed E-state index contributed by atoms with van der Waals surface area (Å²) in [5.41, 5.74) is 5.94. The van der Waals surface area contributed by atoms with Crippen LogP contribution in [0.3, 0.4) is 0 Å². The first-order valence-corrected chi connectivity index (χ1v) is 8.55. The minimum absolute atomic E-state index is 0.0510. The highest BCUT2D eigenvalue weighted by atomic mass is 35.5. The SMILES string of the molecule is CC(C)(C)SCCS(=O)(=O)c1cc(Cl)ccc1N. The molecule has 0 aliphatic rings. The predicted molar refractivity (Wildman–Crippen MR) is 80.1 cm³/mol. The van der Waals surface area contributed by atoms with E-state index in [0.29, 0.717) is 10.8 Å². The van der Waals surface area contributed by atoms with Crippen LogP contribution in [0.5, 0.6) is 0 Å². The molecule has 0 atom stereocenters. The Morgan fingerprint density at radius 2 is 1.94 bits per heavy atom. The van der Waals surface area contributed by atoms with Crippen molar-refractivity contribution in [1.82, 2.24) is 0 Å². The normalized spacial score (nSPS) is 12.7. The van der Waals surface area contributed by atoms with E-state index in [1.54, 1.807) is 17.8 Å². The number of anilines is 1. The van der Waals surface area contributed by atoms with Crippen molar-refractivity contribution in [3.05, 3.63) is 23.2 Å². The van der Waals surface area contributed by atoms with Gasteiger partial charge < -0.3 is 5.73 Å². The average Bonchev–Trinajstić information content (AvgIpc) is 2.19. The summed E-state index contributed by atoms with van der Waals surface area (Å²) >= 11 is 7.42. The highest BCUT2D eigenvalue weighted by Gasteiger charge is 2.19. The number of thioether (sulfide) groups is 1. The van der Waals surface area contributed by atoms with Crippen LogP contribution in [0.15, 0.2) is 23.1 Å². The summed E-state index contributed by atoms with van der Waals surface area (Å²) in [4.78, 5) is 0.129. The van der Waals surface area contributed by atoms with Crippen molar-refractivity contribution in [2.75, 3.05) is 17.2 Å². The number of halogens is 1. The maximum Gasteiger partial charge on any atom is 0.181 e. The molecule has 0 heterocycles. The van der Waals surface area contributed by atoms with E-state index in [-0.39, 0.29) is 21.1 Å². The van der Waals surface area contributed by atoms with Crippen molar-refractivity contribution >= 4 is 38.9 Å². The van der Waals surface area contributed by atoms with Gasteiger partial charge in [-0.1, -0.05) is 32.4 Å². The number of rotatable bonds is 4. The smallest absolute Gasteiger partial charge is 0.181 e. The van der Waals surface area contributed by atoms with Crippen molar-refractivity contribution in [1.29, 1.82) is 0 Å². The van der Waals surface area contributed by atoms with E-state index < -0.39 is 9.84 Å². The standard InChI is InChI=1S/C12H18ClNO2S2/c1-12(2,3)17-6-7-18(15,16)11-8-9(13)4-5-10(11)14/h4-5,8H,6-7,14H2,1-3H3. The summed E-state index contributed by atoms with van der Waals surface area (Å²) in [5.74, 6) is 0.608. The molecule has 1 rings (SSSR count). The molecule has 102 valence electrons. The van der Waals surface area contributed by atoms with E-state index in [9.17, 15) is 8.42 Å². The van der Waals surface area contributed by atoms with Gasteiger partial charge in [0.15, 0.2) is 9.84 Å². The fourth-order valence-electron chi connectivity index (χ4n) is 1.35. The Morgan fingerprint density at radius 1 is 1.33 bits per heavy atom. The third-order valence-electron chi connectivity index (χ3n) is 2.20. The first-order valence-electron chi connectivity index (χ1n) is 5.53. The maximum absolute atomic E-state index is 12.1. The van der Waals surface area contributed by atoms with Gasteiger partial charge in [-0.3, -0.25) is 0 Å². The summed E-state index contributed by atoms with van der Waals surface area (Å²) in [5, 5.41) is 0.381. The largest absolute Gasteiger partial charge is 0.398 e. The van der Waals surface area contributed by atoms with E-state index >= 15 is 0 Å². The van der Waals surface area contributed by atoms with Gasteiger partial charge in [0.25, 0.3) is 0 Å². The number of nitrogen functional groups attached to an aromatic ring is 1. The lowest BCUT2D eigenvalue weighted by Gasteiger charge is -2.17. The molecule has 0 saturated carbocycles. The Morgan fingerprint density at radius 3 is 2.50 bits per heavy atom. The van der Waals surface area contributed by atoms with E-state index in [1.165, 1.54) is 12.1 Å². The molecule has 0 unspecified atom stereocenters. The van der Waals surface area contributed by atoms with Crippen molar-refractivity contribution < 1.29 is 8.42 Å². The topological polar surface area (TPSA) is 60.2 Å². The average molecular weight is 308 g/mol. The van der Waals surface area contributed by atoms with Crippen LogP contribution >= 0.6 is 23.4 Å². The molecule has 1 aromatic carbocycles. The van der Waals surface area contributed by atoms with Crippen LogP contribution in [0.2, 0.25) is 5.02 Å². The quantitative estimate of drug-likeness (QED) is 0.868. The van der Waals surface area contributed by atoms with Crippen LogP contribution < -0.4 is 5.73 Å². The van der Waals surface area contributed by atoms with Crippen LogP contribution in [0.4, 0.5) is 5.69 Å². The van der Waals surface area contributed by atoms with Gasteiger partial charge in [-0.05, 0) is 18.2 Å². The zero-order valence-electron chi connectivity index (χ0n) is 10.7. The summed E-state index contributed by atoms with van der Waals surface area (Å²) < 4.78 is 24.3. The Labute approximate surface area is 118 Å². The second-order valence-electron chi connectivity index (χ2n) is 4.96. The molecule has 0 aliphatic heterocycles. The zero-order chi connectivity index (χ0) is 14.0. The Hall–Kier alpha value is -0.390. The fourth-order valence-corrected chi connectivity index (χ4v) is 4.36. The Bertz CT molecular complexity index is 521. The molecule has 1 aromatic rings. The van der Waals surface area contributed by atoms with Gasteiger partial charge in [-0.15, -0.1) is 0 Å². The number of sulfone groups is 1. The van der Waals surface area contributed by atoms with E-state index in [4.69, 9.17) is 17.3 Å². The molecule has 3 nitrogen and oxygen atoms in total. The first-order chi connectivity index (χ1) is 8.12. The third kappa shape index (κ3) is 4.71. The molecule has 0 aromatic heterocycles. The number of benzene rings is 1. The van der Waals surface area contributed by atoms with Gasteiger partial charge in [0.1, 0.15) is 0 Å². The number of hydrogen-bond acceptors (Lipinski definition) is 4. The highest BCUT2D eigenvalue weighted by Crippen LogP contribution is 2.27. The van der Waals surface area contributed by atoms with Crippen LogP contribution in [-0.2, 0) is 9.84 Å². The summed E-state index contributed by atoms with van der Waals surface area (Å²) in [7, 11) is -3.37. The van der Waals surface area contributed by atoms with Crippen molar-refractivity contribution in [3.63, 3.8) is 0 Å². The summed E-state index contributed by atoms with van der Waals surface area (Å²) in [6.45, 7) is 6.16. The highest BCUT2D eigenvalue weighted by molar-refractivity contribution is 8.01. The monoisotopic (exact) mass is 307 g/mol. The minimum Gasteiger partial charge on any atom is -0.398 e. The fraction of sp³-hybridized carbons (Fsp3) is 0.500. The lowest BCUT2D eigenvalue weighted by Crippen LogP contribution is -2.15. The van der Waals surface area contributed by atoms with Crippen molar-refractivity contribution in [2.45, 2.75) is 30.4 Å². The molecule has 0 saturated heterocycles. The molecule has 0 fully saturated rings. The number of hydrogen-bond donors (Lipinski definition) is 1. The van der Waals surface area contributed by atoms with E-state index in [2.05, 4.69) is 20.8 Å². The molecule has 18 heavy (non-hydrogen) atoms. The zero-order valence-corrected chi connectivity index (χ0v) is 13.1. The molecular formula is C12H18ClNO2S2. The molecular weight excluding hydrogens is 290 g/mol. The van der Waals surface area contributed by atoms with Crippen molar-refractivity contribution in [3.8, 4) is 0 Å². The summed E-state index contributed by atoms with van der Waals surface area (Å²) in [6.07, 6.45) is 0. The van der Waals surface area contributed by atoms with Gasteiger partial charge in [-0.2, -0.15) is 11.8 Å². The lowest BCUT2D eigenvalue weighted by atomic mass is 10.3. The van der Waals surface area contributed by atoms with E-state index in [0.717, 1.165) is 0 Å². The lowest BCUT2D eigenvalue weighted by molar-refractivity contribution is 0.598. The number of nitrogens with two attached hydrogens (primary N) is 1. The molecule has 0 radical (unpaired) electrons.